The van der Waals surface area contributed by atoms with Crippen molar-refractivity contribution in [3.05, 3.63) is 59.7 Å². The molecule has 9 heteroatoms. The molecule has 1 N–H and O–H groups in total. The highest BCUT2D eigenvalue weighted by molar-refractivity contribution is 5.95. The van der Waals surface area contributed by atoms with Crippen LogP contribution in [0.15, 0.2) is 48.5 Å². The van der Waals surface area contributed by atoms with Gasteiger partial charge in [-0.2, -0.15) is 0 Å². The van der Waals surface area contributed by atoms with Crippen LogP contribution in [0, 0.1) is 11.8 Å². The Morgan fingerprint density at radius 2 is 1.64 bits per heavy atom. The number of hydrogen-bond donors (Lipinski definition) is 1. The monoisotopic (exact) mass is 581 g/mol. The number of nitrogens with zero attached hydrogens (tertiary/aromatic N) is 2. The normalized spacial score (nSPS) is 19.0. The van der Waals surface area contributed by atoms with Crippen molar-refractivity contribution in [2.45, 2.75) is 51.3 Å². The highest BCUT2D eigenvalue weighted by Crippen LogP contribution is 2.34. The van der Waals surface area contributed by atoms with Gasteiger partial charge in [0.1, 0.15) is 0 Å². The number of hydrogen-bond acceptors (Lipinski definition) is 7. The van der Waals surface area contributed by atoms with Gasteiger partial charge in [-0.15, -0.1) is 0 Å². The fourth-order valence-corrected chi connectivity index (χ4v) is 5.69. The van der Waals surface area contributed by atoms with Crippen molar-refractivity contribution in [2.24, 2.45) is 11.8 Å². The Balaban J connectivity index is 1.46. The molecule has 3 atom stereocenters. The summed E-state index contributed by atoms with van der Waals surface area (Å²) in [6.07, 6.45) is 2.16. The second-order valence-corrected chi connectivity index (χ2v) is 11.5. The number of nitrogens with one attached hydrogen (secondary N) is 1. The molecular formula is C33H47N3O6. The molecule has 1 aliphatic carbocycles. The standard InChI is InChI=1S/C33H47N3O6/c1-23(2)35(32(37)25-12-15-29(40-4)30(18-25)42-17-9-16-39-3)21-26-19-34-20-27(26)22-36(28-13-14-28)33(38)31(41-5)24-10-7-6-8-11-24/h6-8,10-12,15,18,23,26-28,31,34H,9,13-14,16-17,19-22H2,1-5H3/t26-,27-,31?/m0/s1. The smallest absolute Gasteiger partial charge is 0.256 e. The summed E-state index contributed by atoms with van der Waals surface area (Å²) < 4.78 is 22.2. The first-order valence-electron chi connectivity index (χ1n) is 15.1. The molecule has 0 aromatic heterocycles. The highest BCUT2D eigenvalue weighted by Gasteiger charge is 2.40. The zero-order valence-corrected chi connectivity index (χ0v) is 25.7. The van der Waals surface area contributed by atoms with E-state index in [1.165, 1.54) is 0 Å². The predicted octanol–water partition coefficient (Wildman–Crippen LogP) is 4.18. The van der Waals surface area contributed by atoms with Gasteiger partial charge in [-0.1, -0.05) is 30.3 Å². The molecule has 4 rings (SSSR count). The number of carbonyl (C=O) groups excluding carboxylic acids is 2. The lowest BCUT2D eigenvalue weighted by atomic mass is 9.93. The van der Waals surface area contributed by atoms with E-state index in [-0.39, 0.29) is 35.7 Å². The van der Waals surface area contributed by atoms with Crippen LogP contribution < -0.4 is 14.8 Å². The van der Waals surface area contributed by atoms with Crippen LogP contribution in [0.5, 0.6) is 11.5 Å². The molecule has 0 radical (unpaired) electrons. The van der Waals surface area contributed by atoms with Crippen molar-refractivity contribution in [3.63, 3.8) is 0 Å². The van der Waals surface area contributed by atoms with Crippen molar-refractivity contribution in [3.8, 4) is 11.5 Å². The molecule has 1 unspecified atom stereocenters. The number of carbonyl (C=O) groups is 2. The Hall–Kier alpha value is -3.14. The Labute approximate surface area is 250 Å². The molecule has 42 heavy (non-hydrogen) atoms. The minimum Gasteiger partial charge on any atom is -0.493 e. The van der Waals surface area contributed by atoms with E-state index in [2.05, 4.69) is 5.32 Å². The van der Waals surface area contributed by atoms with Crippen molar-refractivity contribution in [1.29, 1.82) is 0 Å². The molecule has 2 aromatic rings. The average molecular weight is 582 g/mol. The van der Waals surface area contributed by atoms with E-state index in [0.717, 1.165) is 37.9 Å². The van der Waals surface area contributed by atoms with Gasteiger partial charge in [0.15, 0.2) is 17.6 Å². The van der Waals surface area contributed by atoms with Crippen LogP contribution in [0.1, 0.15) is 55.1 Å². The van der Waals surface area contributed by atoms with Gasteiger partial charge in [-0.25, -0.2) is 0 Å². The molecule has 2 aromatic carbocycles. The first kappa shape index (κ1) is 31.8. The molecule has 230 valence electrons. The minimum absolute atomic E-state index is 0.00374. The molecule has 2 amide bonds. The molecular weight excluding hydrogens is 534 g/mol. The van der Waals surface area contributed by atoms with Crippen molar-refractivity contribution < 1.29 is 28.5 Å². The summed E-state index contributed by atoms with van der Waals surface area (Å²) >= 11 is 0. The Bertz CT molecular complexity index is 1160. The van der Waals surface area contributed by atoms with Gasteiger partial charge >= 0.3 is 0 Å². The van der Waals surface area contributed by atoms with Gasteiger partial charge in [0.25, 0.3) is 11.8 Å². The molecule has 9 nitrogen and oxygen atoms in total. The number of methoxy groups -OCH3 is 3. The van der Waals surface area contributed by atoms with Gasteiger partial charge in [0, 0.05) is 71.1 Å². The van der Waals surface area contributed by atoms with E-state index in [1.54, 1.807) is 39.5 Å². The third-order valence-electron chi connectivity index (χ3n) is 8.22. The Morgan fingerprint density at radius 1 is 0.929 bits per heavy atom. The Kier molecular flexibility index (Phi) is 11.6. The van der Waals surface area contributed by atoms with E-state index >= 15 is 0 Å². The highest BCUT2D eigenvalue weighted by atomic mass is 16.5. The molecule has 2 fully saturated rings. The maximum atomic E-state index is 13.9. The molecule has 1 aliphatic heterocycles. The van der Waals surface area contributed by atoms with Crippen LogP contribution >= 0.6 is 0 Å². The zero-order chi connectivity index (χ0) is 30.1. The Morgan fingerprint density at radius 3 is 2.26 bits per heavy atom. The molecule has 1 saturated heterocycles. The lowest BCUT2D eigenvalue weighted by Crippen LogP contribution is -2.46. The zero-order valence-electron chi connectivity index (χ0n) is 25.7. The molecule has 1 heterocycles. The van der Waals surface area contributed by atoms with Crippen LogP contribution in [0.2, 0.25) is 0 Å². The summed E-state index contributed by atoms with van der Waals surface area (Å²) in [5.74, 6) is 1.56. The summed E-state index contributed by atoms with van der Waals surface area (Å²) in [4.78, 5) is 31.6. The fourth-order valence-electron chi connectivity index (χ4n) is 5.69. The average Bonchev–Trinajstić information content (AvgIpc) is 3.75. The van der Waals surface area contributed by atoms with Gasteiger partial charge in [0.05, 0.1) is 13.7 Å². The summed E-state index contributed by atoms with van der Waals surface area (Å²) in [6.45, 7) is 8.02. The first-order valence-corrected chi connectivity index (χ1v) is 15.1. The van der Waals surface area contributed by atoms with Crippen molar-refractivity contribution >= 4 is 11.8 Å². The number of amides is 2. The van der Waals surface area contributed by atoms with Gasteiger partial charge in [0.2, 0.25) is 0 Å². The molecule has 0 bridgehead atoms. The van der Waals surface area contributed by atoms with Crippen molar-refractivity contribution in [2.75, 3.05) is 60.7 Å². The summed E-state index contributed by atoms with van der Waals surface area (Å²) in [5.41, 5.74) is 1.43. The lowest BCUT2D eigenvalue weighted by molar-refractivity contribution is -0.143. The van der Waals surface area contributed by atoms with Gasteiger partial charge in [-0.05, 0) is 62.3 Å². The second-order valence-electron chi connectivity index (χ2n) is 11.5. The van der Waals surface area contributed by atoms with Crippen LogP contribution in [-0.2, 0) is 14.3 Å². The van der Waals surface area contributed by atoms with E-state index < -0.39 is 6.10 Å². The first-order chi connectivity index (χ1) is 20.4. The largest absolute Gasteiger partial charge is 0.493 e. The van der Waals surface area contributed by atoms with Crippen molar-refractivity contribution in [1.82, 2.24) is 15.1 Å². The quantitative estimate of drug-likeness (QED) is 0.298. The number of ether oxygens (including phenoxy) is 4. The van der Waals surface area contributed by atoms with E-state index in [0.29, 0.717) is 43.4 Å². The fraction of sp³-hybridized carbons (Fsp3) is 0.576. The maximum Gasteiger partial charge on any atom is 0.256 e. The summed E-state index contributed by atoms with van der Waals surface area (Å²) in [5, 5.41) is 3.53. The molecule has 1 saturated carbocycles. The number of benzene rings is 2. The predicted molar refractivity (Wildman–Crippen MR) is 162 cm³/mol. The third kappa shape index (κ3) is 8.02. The van der Waals surface area contributed by atoms with E-state index in [4.69, 9.17) is 18.9 Å². The molecule has 0 spiro atoms. The van der Waals surface area contributed by atoms with E-state index in [1.807, 2.05) is 54.0 Å². The molecule has 2 aliphatic rings. The third-order valence-corrected chi connectivity index (χ3v) is 8.22. The second kappa shape index (κ2) is 15.4. The van der Waals surface area contributed by atoms with Crippen LogP contribution in [0.25, 0.3) is 0 Å². The van der Waals surface area contributed by atoms with Crippen LogP contribution in [0.3, 0.4) is 0 Å². The van der Waals surface area contributed by atoms with Gasteiger partial charge < -0.3 is 34.1 Å². The summed E-state index contributed by atoms with van der Waals surface area (Å²) in [7, 11) is 4.85. The SMILES string of the molecule is COCCCOc1cc(C(=O)N(C[C@@H]2CNC[C@H]2CN(C(=O)C(OC)c2ccccc2)C2CC2)C(C)C)ccc1OC. The van der Waals surface area contributed by atoms with Gasteiger partial charge in [-0.3, -0.25) is 9.59 Å². The van der Waals surface area contributed by atoms with E-state index in [9.17, 15) is 9.59 Å². The lowest BCUT2D eigenvalue weighted by Gasteiger charge is -2.34. The van der Waals surface area contributed by atoms with Crippen LogP contribution in [-0.4, -0.2) is 94.4 Å². The number of rotatable bonds is 16. The maximum absolute atomic E-state index is 13.9. The topological polar surface area (TPSA) is 89.6 Å². The summed E-state index contributed by atoms with van der Waals surface area (Å²) in [6, 6.07) is 15.3. The van der Waals surface area contributed by atoms with Crippen LogP contribution in [0.4, 0.5) is 0 Å². The minimum atomic E-state index is -0.616.